The molecule has 2 heterocycles. The Balaban J connectivity index is 0.000000383. The van der Waals surface area contributed by atoms with E-state index in [4.69, 9.17) is 21.5 Å². The summed E-state index contributed by atoms with van der Waals surface area (Å²) in [5.74, 6) is -2.58. The molecule has 4 N–H and O–H groups in total. The van der Waals surface area contributed by atoms with Gasteiger partial charge in [-0.25, -0.2) is 4.79 Å². The minimum Gasteiger partial charge on any atom is -0.508 e. The van der Waals surface area contributed by atoms with Gasteiger partial charge in [-0.2, -0.15) is 13.2 Å². The molecule has 0 bridgehead atoms. The van der Waals surface area contributed by atoms with Gasteiger partial charge in [0.05, 0.1) is 10.6 Å². The van der Waals surface area contributed by atoms with E-state index in [1.807, 2.05) is 42.2 Å². The van der Waals surface area contributed by atoms with Crippen molar-refractivity contribution in [3.05, 3.63) is 64.3 Å². The number of nitrogens with zero attached hydrogens (tertiary/aromatic N) is 1. The highest BCUT2D eigenvalue weighted by molar-refractivity contribution is 6.34. The van der Waals surface area contributed by atoms with Crippen molar-refractivity contribution in [2.45, 2.75) is 19.1 Å². The third-order valence-corrected chi connectivity index (χ3v) is 5.39. The molecule has 11 heteroatoms. The van der Waals surface area contributed by atoms with Gasteiger partial charge in [-0.15, -0.1) is 0 Å². The summed E-state index contributed by atoms with van der Waals surface area (Å²) in [5.41, 5.74) is 3.55. The van der Waals surface area contributed by atoms with Crippen molar-refractivity contribution in [2.75, 3.05) is 19.6 Å². The predicted octanol–water partition coefficient (Wildman–Crippen LogP) is 4.26. The molecular weight excluding hydrogens is 463 g/mol. The van der Waals surface area contributed by atoms with Crippen LogP contribution in [0.4, 0.5) is 13.2 Å². The molecule has 7 nitrogen and oxygen atoms in total. The first kappa shape index (κ1) is 24.4. The third kappa shape index (κ3) is 5.96. The van der Waals surface area contributed by atoms with E-state index >= 15 is 0 Å². The summed E-state index contributed by atoms with van der Waals surface area (Å²) in [6.45, 7) is 3.88. The lowest BCUT2D eigenvalue weighted by molar-refractivity contribution is -0.192. The van der Waals surface area contributed by atoms with Crippen molar-refractivity contribution >= 4 is 34.4 Å². The number of phenols is 1. The summed E-state index contributed by atoms with van der Waals surface area (Å²) in [4.78, 5) is 27.0. The largest absolute Gasteiger partial charge is 0.508 e. The topological polar surface area (TPSA) is 106 Å². The number of hydrogen-bond acceptors (Lipinski definition) is 4. The van der Waals surface area contributed by atoms with E-state index in [0.29, 0.717) is 30.2 Å². The Morgan fingerprint density at radius 2 is 1.79 bits per heavy atom. The fourth-order valence-electron chi connectivity index (χ4n) is 3.50. The molecule has 1 amide bonds. The van der Waals surface area contributed by atoms with Crippen LogP contribution in [-0.4, -0.2) is 57.8 Å². The molecule has 176 valence electrons. The lowest BCUT2D eigenvalue weighted by Gasteiger charge is -2.34. The quantitative estimate of drug-likeness (QED) is 0.436. The Labute approximate surface area is 191 Å². The number of aromatic hydroxyl groups is 1. The summed E-state index contributed by atoms with van der Waals surface area (Å²) >= 11 is 6.39. The van der Waals surface area contributed by atoms with Gasteiger partial charge in [0, 0.05) is 42.3 Å². The number of carbonyl (C=O) groups is 2. The maximum Gasteiger partial charge on any atom is 0.490 e. The zero-order valence-corrected chi connectivity index (χ0v) is 18.2. The second kappa shape index (κ2) is 9.72. The van der Waals surface area contributed by atoms with E-state index in [1.54, 1.807) is 12.1 Å². The Hall–Kier alpha value is -3.24. The number of H-pyrrole nitrogens is 1. The van der Waals surface area contributed by atoms with E-state index in [-0.39, 0.29) is 17.7 Å². The lowest BCUT2D eigenvalue weighted by Crippen LogP contribution is -2.48. The number of aliphatic carboxylic acids is 1. The van der Waals surface area contributed by atoms with Gasteiger partial charge in [0.2, 0.25) is 0 Å². The fourth-order valence-corrected chi connectivity index (χ4v) is 3.74. The molecule has 0 spiro atoms. The molecule has 1 unspecified atom stereocenters. The second-order valence-electron chi connectivity index (χ2n) is 7.52. The molecule has 2 aromatic carbocycles. The Bertz CT molecular complexity index is 1160. The molecule has 0 aliphatic carbocycles. The number of carboxylic acids is 1. The summed E-state index contributed by atoms with van der Waals surface area (Å²) in [5, 5.41) is 21.5. The molecule has 1 fully saturated rings. The number of phenolic OH excluding ortho intramolecular Hbond substituents is 1. The minimum atomic E-state index is -5.08. The van der Waals surface area contributed by atoms with Crippen LogP contribution in [0.1, 0.15) is 27.7 Å². The molecule has 0 radical (unpaired) electrons. The zero-order chi connectivity index (χ0) is 24.3. The number of alkyl halides is 3. The van der Waals surface area contributed by atoms with E-state index < -0.39 is 12.1 Å². The van der Waals surface area contributed by atoms with Gasteiger partial charge in [0.15, 0.2) is 0 Å². The summed E-state index contributed by atoms with van der Waals surface area (Å²) in [6.07, 6.45) is -5.08. The first-order chi connectivity index (χ1) is 15.5. The van der Waals surface area contributed by atoms with E-state index in [2.05, 4.69) is 10.3 Å². The molecule has 1 atom stereocenters. The molecule has 1 aromatic heterocycles. The number of halogens is 4. The molecule has 33 heavy (non-hydrogen) atoms. The Morgan fingerprint density at radius 3 is 2.39 bits per heavy atom. The second-order valence-corrected chi connectivity index (χ2v) is 7.93. The van der Waals surface area contributed by atoms with Crippen LogP contribution in [0.15, 0.2) is 42.5 Å². The van der Waals surface area contributed by atoms with Crippen LogP contribution in [0.2, 0.25) is 5.02 Å². The number of aromatic amines is 1. The SMILES string of the molecule is Cc1cc2cc(C(=O)N3CCNC(c4ccc(O)cc4)C3)c(Cl)cc2[nH]1.O=C(O)C(F)(F)F. The highest BCUT2D eigenvalue weighted by Crippen LogP contribution is 2.27. The van der Waals surface area contributed by atoms with E-state index in [1.165, 1.54) is 0 Å². The van der Waals surface area contributed by atoms with Crippen LogP contribution in [0.25, 0.3) is 10.9 Å². The van der Waals surface area contributed by atoms with Crippen LogP contribution < -0.4 is 5.32 Å². The number of aromatic nitrogens is 1. The molecule has 1 aliphatic rings. The van der Waals surface area contributed by atoms with E-state index in [0.717, 1.165) is 22.2 Å². The van der Waals surface area contributed by atoms with Gasteiger partial charge in [0.1, 0.15) is 5.75 Å². The number of nitrogens with one attached hydrogen (secondary N) is 2. The standard InChI is InChI=1S/C20H20ClN3O2.C2HF3O2/c1-12-8-14-9-16(17(21)10-18(14)23-12)20(26)24-7-6-22-19(11-24)13-2-4-15(25)5-3-13;3-2(4,5)1(6)7/h2-5,8-10,19,22-23,25H,6-7,11H2,1H3;(H,6,7). The van der Waals surface area contributed by atoms with Gasteiger partial charge in [-0.05, 0) is 42.8 Å². The number of carboxylic acid groups (broad SMARTS) is 1. The monoisotopic (exact) mass is 483 g/mol. The first-order valence-corrected chi connectivity index (χ1v) is 10.2. The number of carbonyl (C=O) groups excluding carboxylic acids is 1. The fraction of sp³-hybridized carbons (Fsp3) is 0.273. The van der Waals surface area contributed by atoms with Crippen LogP contribution in [0, 0.1) is 6.92 Å². The van der Waals surface area contributed by atoms with Gasteiger partial charge in [0.25, 0.3) is 5.91 Å². The van der Waals surface area contributed by atoms with Gasteiger partial charge < -0.3 is 25.4 Å². The summed E-state index contributed by atoms with van der Waals surface area (Å²) in [7, 11) is 0. The van der Waals surface area contributed by atoms with E-state index in [9.17, 15) is 23.1 Å². The molecular formula is C22H21ClF3N3O4. The van der Waals surface area contributed by atoms with Gasteiger partial charge in [-0.1, -0.05) is 23.7 Å². The predicted molar refractivity (Wildman–Crippen MR) is 116 cm³/mol. The van der Waals surface area contributed by atoms with Crippen LogP contribution in [0.5, 0.6) is 5.75 Å². The van der Waals surface area contributed by atoms with Crippen LogP contribution >= 0.6 is 11.6 Å². The average molecular weight is 484 g/mol. The minimum absolute atomic E-state index is 0.0327. The Kier molecular flexibility index (Phi) is 7.19. The molecule has 1 saturated heterocycles. The normalized spacial score (nSPS) is 16.3. The van der Waals surface area contributed by atoms with Crippen molar-refractivity contribution in [3.8, 4) is 5.75 Å². The number of rotatable bonds is 2. The first-order valence-electron chi connectivity index (χ1n) is 9.86. The number of fused-ring (bicyclic) bond motifs is 1. The maximum atomic E-state index is 13.1. The summed E-state index contributed by atoms with van der Waals surface area (Å²) in [6, 6.07) is 12.8. The van der Waals surface area contributed by atoms with Crippen molar-refractivity contribution < 1.29 is 33.0 Å². The molecule has 3 aromatic rings. The van der Waals surface area contributed by atoms with Crippen molar-refractivity contribution in [2.24, 2.45) is 0 Å². The maximum absolute atomic E-state index is 13.1. The highest BCUT2D eigenvalue weighted by Gasteiger charge is 2.38. The lowest BCUT2D eigenvalue weighted by atomic mass is 10.0. The van der Waals surface area contributed by atoms with Gasteiger partial charge in [-0.3, -0.25) is 4.79 Å². The van der Waals surface area contributed by atoms with Crippen molar-refractivity contribution in [1.29, 1.82) is 0 Å². The Morgan fingerprint density at radius 1 is 1.15 bits per heavy atom. The number of aryl methyl sites for hydroxylation is 1. The number of hydrogen-bond donors (Lipinski definition) is 4. The highest BCUT2D eigenvalue weighted by atomic mass is 35.5. The zero-order valence-electron chi connectivity index (χ0n) is 17.4. The van der Waals surface area contributed by atoms with Gasteiger partial charge >= 0.3 is 12.1 Å². The van der Waals surface area contributed by atoms with Crippen LogP contribution in [-0.2, 0) is 4.79 Å². The van der Waals surface area contributed by atoms with Crippen molar-refractivity contribution in [1.82, 2.24) is 15.2 Å². The molecule has 4 rings (SSSR count). The molecule has 1 aliphatic heterocycles. The smallest absolute Gasteiger partial charge is 0.490 e. The average Bonchev–Trinajstić information content (AvgIpc) is 3.11. The number of amides is 1. The third-order valence-electron chi connectivity index (χ3n) is 5.07. The summed E-state index contributed by atoms with van der Waals surface area (Å²) < 4.78 is 31.7. The number of piperazine rings is 1. The number of benzene rings is 2. The van der Waals surface area contributed by atoms with Crippen LogP contribution in [0.3, 0.4) is 0 Å². The van der Waals surface area contributed by atoms with Crippen molar-refractivity contribution in [3.63, 3.8) is 0 Å². The molecule has 0 saturated carbocycles.